The number of benzene rings is 3. The Balaban J connectivity index is 0.00000108. The number of hydrogen-bond acceptors (Lipinski definition) is 8. The normalized spacial score (nSPS) is 10.2. The number of aromatic nitrogens is 3. The number of hydrogen-bond donors (Lipinski definition) is 6. The van der Waals surface area contributed by atoms with E-state index in [9.17, 15) is 19.1 Å². The number of nitrogens with two attached hydrogens (primary N) is 1. The van der Waals surface area contributed by atoms with Gasteiger partial charge in [0, 0.05) is 19.0 Å². The van der Waals surface area contributed by atoms with E-state index >= 15 is 0 Å². The number of carboxylic acids is 2. The highest BCUT2D eigenvalue weighted by atomic mass is 19.1. The molecule has 0 spiro atoms. The van der Waals surface area contributed by atoms with E-state index in [0.29, 0.717) is 28.4 Å². The zero-order chi connectivity index (χ0) is 30.3. The highest BCUT2D eigenvalue weighted by Gasteiger charge is 2.20. The minimum atomic E-state index is -1.19. The second-order valence-corrected chi connectivity index (χ2v) is 8.38. The summed E-state index contributed by atoms with van der Waals surface area (Å²) in [4.78, 5) is 35.9. The van der Waals surface area contributed by atoms with Gasteiger partial charge in [0.2, 0.25) is 0 Å². The summed E-state index contributed by atoms with van der Waals surface area (Å²) in [6.07, 6.45) is 0.105. The van der Waals surface area contributed by atoms with Gasteiger partial charge in [-0.25, -0.2) is 14.0 Å². The summed E-state index contributed by atoms with van der Waals surface area (Å²) in [6, 6.07) is 13.6. The SMILES string of the molecule is CC(=O)O.COc1ccc(Cc2nn(-c3ccccc3C(=O)O)c(=O)[nH]2)c(Nc2ccc(C(=N)N)c(F)c2)c1OC. The third kappa shape index (κ3) is 7.06. The summed E-state index contributed by atoms with van der Waals surface area (Å²) >= 11 is 0. The van der Waals surface area contributed by atoms with Crippen molar-refractivity contribution < 1.29 is 33.7 Å². The third-order valence-electron chi connectivity index (χ3n) is 5.55. The summed E-state index contributed by atoms with van der Waals surface area (Å²) in [5.74, 6) is -2.12. The Labute approximate surface area is 232 Å². The van der Waals surface area contributed by atoms with Crippen molar-refractivity contribution in [1.82, 2.24) is 14.8 Å². The Morgan fingerprint density at radius 2 is 1.78 bits per heavy atom. The highest BCUT2D eigenvalue weighted by Crippen LogP contribution is 2.40. The maximum Gasteiger partial charge on any atom is 0.348 e. The number of ether oxygens (including phenoxy) is 2. The number of para-hydroxylation sites is 1. The number of aliphatic carboxylic acids is 1. The monoisotopic (exact) mass is 566 g/mol. The van der Waals surface area contributed by atoms with Gasteiger partial charge >= 0.3 is 11.7 Å². The molecule has 0 unspecified atom stereocenters. The van der Waals surface area contributed by atoms with Gasteiger partial charge in [0.05, 0.1) is 36.7 Å². The molecule has 0 radical (unpaired) electrons. The van der Waals surface area contributed by atoms with E-state index in [-0.39, 0.29) is 29.1 Å². The average molecular weight is 567 g/mol. The van der Waals surface area contributed by atoms with Crippen LogP contribution in [0.4, 0.5) is 15.8 Å². The lowest BCUT2D eigenvalue weighted by Crippen LogP contribution is -2.18. The molecular weight excluding hydrogens is 539 g/mol. The number of anilines is 2. The van der Waals surface area contributed by atoms with Crippen LogP contribution in [-0.4, -0.2) is 57.0 Å². The lowest BCUT2D eigenvalue weighted by molar-refractivity contribution is -0.134. The largest absolute Gasteiger partial charge is 0.493 e. The first-order chi connectivity index (χ1) is 19.5. The van der Waals surface area contributed by atoms with Crippen LogP contribution in [0.5, 0.6) is 11.5 Å². The number of aromatic carboxylic acids is 1. The minimum absolute atomic E-state index is 0.0341. The van der Waals surface area contributed by atoms with E-state index in [1.165, 1.54) is 38.5 Å². The van der Waals surface area contributed by atoms with Crippen molar-refractivity contribution in [3.8, 4) is 17.2 Å². The molecule has 1 aromatic heterocycles. The summed E-state index contributed by atoms with van der Waals surface area (Å²) in [5, 5.41) is 31.8. The second-order valence-electron chi connectivity index (χ2n) is 8.38. The molecule has 3 aromatic carbocycles. The number of carbonyl (C=O) groups is 2. The smallest absolute Gasteiger partial charge is 0.348 e. The van der Waals surface area contributed by atoms with Crippen molar-refractivity contribution in [2.45, 2.75) is 13.3 Å². The summed E-state index contributed by atoms with van der Waals surface area (Å²) in [5.41, 5.74) is 6.20. The fourth-order valence-corrected chi connectivity index (χ4v) is 3.84. The van der Waals surface area contributed by atoms with E-state index in [2.05, 4.69) is 15.4 Å². The molecule has 0 saturated heterocycles. The molecule has 0 aliphatic rings. The number of aromatic amines is 1. The molecule has 4 aromatic rings. The number of nitrogen functional groups attached to an aromatic ring is 1. The van der Waals surface area contributed by atoms with Crippen LogP contribution in [0.25, 0.3) is 5.69 Å². The van der Waals surface area contributed by atoms with Crippen LogP contribution in [0.1, 0.15) is 34.2 Å². The number of H-pyrrole nitrogens is 1. The third-order valence-corrected chi connectivity index (χ3v) is 5.55. The molecule has 1 heterocycles. The number of rotatable bonds is 9. The van der Waals surface area contributed by atoms with Crippen LogP contribution < -0.4 is 26.2 Å². The standard InChI is InChI=1S/C25H23FN6O5.C2H4O2/c1-36-19-10-7-13(21(22(19)37-2)29-14-8-9-15(23(27)28)17(26)12-14)11-20-30-25(35)32(31-20)18-6-4-3-5-16(18)24(33)34;1-2(3)4/h3-10,12,29H,11H2,1-2H3,(H3,27,28)(H,33,34)(H,30,31,35);1H3,(H,3,4). The van der Waals surface area contributed by atoms with Gasteiger partial charge in [-0.1, -0.05) is 18.2 Å². The molecule has 41 heavy (non-hydrogen) atoms. The molecule has 4 rings (SSSR count). The van der Waals surface area contributed by atoms with Gasteiger partial charge in [0.1, 0.15) is 17.5 Å². The lowest BCUT2D eigenvalue weighted by Gasteiger charge is -2.18. The van der Waals surface area contributed by atoms with E-state index in [1.54, 1.807) is 30.3 Å². The Kier molecular flexibility index (Phi) is 9.42. The molecule has 0 aliphatic carbocycles. The van der Waals surface area contributed by atoms with Crippen molar-refractivity contribution in [2.75, 3.05) is 19.5 Å². The predicted molar refractivity (Wildman–Crippen MR) is 148 cm³/mol. The Morgan fingerprint density at radius 1 is 1.10 bits per heavy atom. The number of carboxylic acid groups (broad SMARTS) is 2. The number of nitrogens with one attached hydrogen (secondary N) is 3. The Hall–Kier alpha value is -5.66. The fraction of sp³-hybridized carbons (Fsp3) is 0.148. The summed E-state index contributed by atoms with van der Waals surface area (Å²) in [7, 11) is 2.92. The molecule has 214 valence electrons. The number of halogens is 1. The molecule has 0 saturated carbocycles. The molecular formula is C27H27FN6O7. The number of nitrogens with zero attached hydrogens (tertiary/aromatic N) is 2. The fourth-order valence-electron chi connectivity index (χ4n) is 3.84. The van der Waals surface area contributed by atoms with Crippen LogP contribution in [0, 0.1) is 11.2 Å². The van der Waals surface area contributed by atoms with Crippen molar-refractivity contribution >= 4 is 29.1 Å². The van der Waals surface area contributed by atoms with Gasteiger partial charge < -0.3 is 30.7 Å². The van der Waals surface area contributed by atoms with Gasteiger partial charge in [0.15, 0.2) is 11.5 Å². The van der Waals surface area contributed by atoms with Crippen molar-refractivity contribution in [2.24, 2.45) is 5.73 Å². The lowest BCUT2D eigenvalue weighted by atomic mass is 10.1. The summed E-state index contributed by atoms with van der Waals surface area (Å²) < 4.78 is 26.4. The molecule has 0 amide bonds. The van der Waals surface area contributed by atoms with Gasteiger partial charge in [-0.2, -0.15) is 4.68 Å². The number of amidine groups is 1. The topological polar surface area (TPSA) is 206 Å². The zero-order valence-corrected chi connectivity index (χ0v) is 22.2. The van der Waals surface area contributed by atoms with Crippen LogP contribution in [0.2, 0.25) is 0 Å². The van der Waals surface area contributed by atoms with Gasteiger partial charge in [-0.3, -0.25) is 15.2 Å². The first-order valence-corrected chi connectivity index (χ1v) is 11.8. The van der Waals surface area contributed by atoms with E-state index in [4.69, 9.17) is 30.5 Å². The van der Waals surface area contributed by atoms with Crippen LogP contribution in [-0.2, 0) is 11.2 Å². The summed E-state index contributed by atoms with van der Waals surface area (Å²) in [6.45, 7) is 1.08. The molecule has 0 bridgehead atoms. The van der Waals surface area contributed by atoms with Gasteiger partial charge in [0.25, 0.3) is 5.97 Å². The van der Waals surface area contributed by atoms with Crippen molar-refractivity contribution in [1.29, 1.82) is 5.41 Å². The maximum absolute atomic E-state index is 14.5. The van der Waals surface area contributed by atoms with Crippen molar-refractivity contribution in [3.63, 3.8) is 0 Å². The first-order valence-electron chi connectivity index (χ1n) is 11.8. The van der Waals surface area contributed by atoms with Gasteiger partial charge in [-0.15, -0.1) is 5.10 Å². The second kappa shape index (κ2) is 12.9. The quantitative estimate of drug-likeness (QED) is 0.129. The zero-order valence-electron chi connectivity index (χ0n) is 22.2. The van der Waals surface area contributed by atoms with E-state index in [1.807, 2.05) is 0 Å². The predicted octanol–water partition coefficient (Wildman–Crippen LogP) is 3.12. The first kappa shape index (κ1) is 29.9. The average Bonchev–Trinajstić information content (AvgIpc) is 3.28. The van der Waals surface area contributed by atoms with Crippen molar-refractivity contribution in [3.05, 3.63) is 93.4 Å². The van der Waals surface area contributed by atoms with Gasteiger partial charge in [-0.05, 0) is 42.0 Å². The van der Waals surface area contributed by atoms with Crippen LogP contribution in [0.3, 0.4) is 0 Å². The maximum atomic E-state index is 14.5. The highest BCUT2D eigenvalue weighted by molar-refractivity contribution is 5.95. The van der Waals surface area contributed by atoms with Crippen LogP contribution in [0.15, 0.2) is 59.4 Å². The van der Waals surface area contributed by atoms with E-state index in [0.717, 1.165) is 11.6 Å². The molecule has 7 N–H and O–H groups in total. The molecule has 14 heteroatoms. The molecule has 0 atom stereocenters. The van der Waals surface area contributed by atoms with Crippen LogP contribution >= 0.6 is 0 Å². The molecule has 0 aliphatic heterocycles. The Morgan fingerprint density at radius 3 is 2.37 bits per heavy atom. The van der Waals surface area contributed by atoms with E-state index < -0.39 is 29.3 Å². The number of methoxy groups -OCH3 is 2. The Bertz CT molecular complexity index is 1660. The molecule has 13 nitrogen and oxygen atoms in total. The minimum Gasteiger partial charge on any atom is -0.493 e. The molecule has 0 fully saturated rings.